The molecule has 0 bridgehead atoms. The second-order valence-electron chi connectivity index (χ2n) is 2.61. The third-order valence-corrected chi connectivity index (χ3v) is 3.21. The van der Waals surface area contributed by atoms with E-state index in [1.807, 2.05) is 12.1 Å². The van der Waals surface area contributed by atoms with Crippen molar-refractivity contribution in [3.8, 4) is 10.8 Å². The molecule has 0 aliphatic heterocycles. The molecule has 1 aromatic carbocycles. The second kappa shape index (κ2) is 3.12. The average Bonchev–Trinajstić information content (AvgIpc) is 2.47. The van der Waals surface area contributed by atoms with Crippen LogP contribution in [0.3, 0.4) is 0 Å². The summed E-state index contributed by atoms with van der Waals surface area (Å²) in [5.74, 6) is 0.730. The van der Waals surface area contributed by atoms with Crippen molar-refractivity contribution in [3.63, 3.8) is 0 Å². The van der Waals surface area contributed by atoms with Gasteiger partial charge in [0.15, 0.2) is 5.06 Å². The second-order valence-corrected chi connectivity index (χ2v) is 4.12. The maximum Gasteiger partial charge on any atom is 0.172 e. The third-order valence-electron chi connectivity index (χ3n) is 1.84. The number of hydrogen-bond acceptors (Lipinski definition) is 4. The predicted octanol–water partition coefficient (Wildman–Crippen LogP) is 2.90. The Labute approximate surface area is 85.2 Å². The summed E-state index contributed by atoms with van der Waals surface area (Å²) in [6.45, 7) is 0. The van der Waals surface area contributed by atoms with Gasteiger partial charge in [-0.05, 0) is 12.1 Å². The summed E-state index contributed by atoms with van der Waals surface area (Å²) in [7, 11) is 1.60. The Morgan fingerprint density at radius 3 is 2.92 bits per heavy atom. The van der Waals surface area contributed by atoms with E-state index in [0.29, 0.717) is 5.06 Å². The van der Waals surface area contributed by atoms with Gasteiger partial charge in [-0.15, -0.1) is 12.6 Å². The lowest BCUT2D eigenvalue weighted by Gasteiger charge is -2.03. The highest BCUT2D eigenvalue weighted by molar-refractivity contribution is 7.80. The van der Waals surface area contributed by atoms with Crippen LogP contribution in [0.15, 0.2) is 23.1 Å². The van der Waals surface area contributed by atoms with Crippen molar-refractivity contribution in [1.29, 1.82) is 0 Å². The van der Waals surface area contributed by atoms with E-state index in [1.165, 1.54) is 11.3 Å². The van der Waals surface area contributed by atoms with E-state index in [2.05, 4.69) is 12.6 Å². The van der Waals surface area contributed by atoms with Gasteiger partial charge >= 0.3 is 0 Å². The molecule has 0 saturated carbocycles. The van der Waals surface area contributed by atoms with Crippen LogP contribution in [0.5, 0.6) is 10.8 Å². The number of ether oxygens (including phenoxy) is 1. The van der Waals surface area contributed by atoms with Crippen LogP contribution in [0.25, 0.3) is 10.1 Å². The van der Waals surface area contributed by atoms with E-state index < -0.39 is 0 Å². The van der Waals surface area contributed by atoms with Crippen LogP contribution < -0.4 is 4.74 Å². The lowest BCUT2D eigenvalue weighted by atomic mass is 10.2. The van der Waals surface area contributed by atoms with Crippen molar-refractivity contribution < 1.29 is 9.84 Å². The Kier molecular flexibility index (Phi) is 2.09. The Bertz CT molecular complexity index is 448. The molecule has 0 saturated heterocycles. The number of methoxy groups -OCH3 is 1. The zero-order chi connectivity index (χ0) is 9.42. The largest absolute Gasteiger partial charge is 0.499 e. The smallest absolute Gasteiger partial charge is 0.172 e. The molecule has 0 atom stereocenters. The number of fused-ring (bicyclic) bond motifs is 1. The van der Waals surface area contributed by atoms with Gasteiger partial charge < -0.3 is 9.84 Å². The summed E-state index contributed by atoms with van der Waals surface area (Å²) >= 11 is 5.66. The Hall–Kier alpha value is -0.870. The van der Waals surface area contributed by atoms with Crippen LogP contribution in [-0.2, 0) is 0 Å². The molecule has 1 N–H and O–H groups in total. The van der Waals surface area contributed by atoms with Crippen LogP contribution in [0.4, 0.5) is 0 Å². The highest BCUT2D eigenvalue weighted by atomic mass is 32.1. The number of aromatic hydroxyl groups is 1. The van der Waals surface area contributed by atoms with Gasteiger partial charge in [-0.2, -0.15) is 0 Å². The van der Waals surface area contributed by atoms with Crippen molar-refractivity contribution in [1.82, 2.24) is 0 Å². The molecule has 4 heteroatoms. The van der Waals surface area contributed by atoms with Crippen molar-refractivity contribution in [2.45, 2.75) is 4.90 Å². The van der Waals surface area contributed by atoms with E-state index in [0.717, 1.165) is 20.7 Å². The first-order valence-electron chi connectivity index (χ1n) is 3.71. The fourth-order valence-electron chi connectivity index (χ4n) is 1.23. The van der Waals surface area contributed by atoms with E-state index in [4.69, 9.17) is 4.74 Å². The summed E-state index contributed by atoms with van der Waals surface area (Å²) in [6, 6.07) is 5.46. The molecule has 0 amide bonds. The predicted molar refractivity (Wildman–Crippen MR) is 57.3 cm³/mol. The molecule has 0 aliphatic carbocycles. The van der Waals surface area contributed by atoms with Crippen LogP contribution >= 0.6 is 24.0 Å². The lowest BCUT2D eigenvalue weighted by molar-refractivity contribution is 0.406. The number of thiophene rings is 1. The van der Waals surface area contributed by atoms with Crippen LogP contribution in [0, 0.1) is 0 Å². The molecule has 0 fully saturated rings. The summed E-state index contributed by atoms with van der Waals surface area (Å²) in [4.78, 5) is 0.775. The van der Waals surface area contributed by atoms with Crippen LogP contribution in [-0.4, -0.2) is 12.2 Å². The van der Waals surface area contributed by atoms with Gasteiger partial charge in [0.25, 0.3) is 0 Å². The zero-order valence-electron chi connectivity index (χ0n) is 6.94. The van der Waals surface area contributed by atoms with Crippen molar-refractivity contribution >= 4 is 34.1 Å². The van der Waals surface area contributed by atoms with Crippen molar-refractivity contribution in [2.24, 2.45) is 0 Å². The molecule has 2 nitrogen and oxygen atoms in total. The highest BCUT2D eigenvalue weighted by Gasteiger charge is 2.07. The molecular formula is C9H8O2S2. The SMILES string of the molecule is COc1ccc2sc(O)cc2c1S. The molecule has 1 aromatic heterocycles. The molecule has 1 heterocycles. The van der Waals surface area contributed by atoms with Gasteiger partial charge in [0, 0.05) is 16.2 Å². The third kappa shape index (κ3) is 1.36. The molecule has 0 spiro atoms. The maximum absolute atomic E-state index is 9.29. The zero-order valence-corrected chi connectivity index (χ0v) is 8.65. The fraction of sp³-hybridized carbons (Fsp3) is 0.111. The van der Waals surface area contributed by atoms with Gasteiger partial charge in [-0.25, -0.2) is 0 Å². The number of rotatable bonds is 1. The molecule has 0 unspecified atom stereocenters. The minimum Gasteiger partial charge on any atom is -0.499 e. The highest BCUT2D eigenvalue weighted by Crippen LogP contribution is 2.38. The molecule has 0 radical (unpaired) electrons. The quantitative estimate of drug-likeness (QED) is 0.712. The van der Waals surface area contributed by atoms with E-state index in [1.54, 1.807) is 13.2 Å². The Morgan fingerprint density at radius 1 is 1.46 bits per heavy atom. The van der Waals surface area contributed by atoms with Crippen molar-refractivity contribution in [3.05, 3.63) is 18.2 Å². The molecule has 2 aromatic rings. The Balaban J connectivity index is 2.78. The molecule has 68 valence electrons. The van der Waals surface area contributed by atoms with E-state index in [-0.39, 0.29) is 0 Å². The number of thiol groups is 1. The standard InChI is InChI=1S/C9H8O2S2/c1-11-6-2-3-7-5(9(6)12)4-8(10)13-7/h2-4,10,12H,1H3. The van der Waals surface area contributed by atoms with E-state index >= 15 is 0 Å². The lowest BCUT2D eigenvalue weighted by Crippen LogP contribution is -1.83. The number of benzene rings is 1. The first-order valence-corrected chi connectivity index (χ1v) is 4.97. The first-order chi connectivity index (χ1) is 6.22. The van der Waals surface area contributed by atoms with Crippen molar-refractivity contribution in [2.75, 3.05) is 7.11 Å². The summed E-state index contributed by atoms with van der Waals surface area (Å²) in [5, 5.41) is 10.5. The normalized spacial score (nSPS) is 10.6. The van der Waals surface area contributed by atoms with E-state index in [9.17, 15) is 5.11 Å². The molecule has 13 heavy (non-hydrogen) atoms. The molecular weight excluding hydrogens is 204 g/mol. The average molecular weight is 212 g/mol. The Morgan fingerprint density at radius 2 is 2.23 bits per heavy atom. The summed E-state index contributed by atoms with van der Waals surface area (Å²) in [6.07, 6.45) is 0. The molecule has 0 aliphatic rings. The first kappa shape index (κ1) is 8.72. The van der Waals surface area contributed by atoms with Gasteiger partial charge in [0.2, 0.25) is 0 Å². The topological polar surface area (TPSA) is 29.5 Å². The molecule has 2 rings (SSSR count). The fourth-order valence-corrected chi connectivity index (χ4v) is 2.46. The van der Waals surface area contributed by atoms with Gasteiger partial charge in [0.1, 0.15) is 5.75 Å². The van der Waals surface area contributed by atoms with Crippen LogP contribution in [0.2, 0.25) is 0 Å². The summed E-state index contributed by atoms with van der Waals surface area (Å²) < 4.78 is 6.13. The minimum atomic E-state index is 0.304. The number of hydrogen-bond donors (Lipinski definition) is 2. The van der Waals surface area contributed by atoms with Crippen LogP contribution in [0.1, 0.15) is 0 Å². The van der Waals surface area contributed by atoms with Gasteiger partial charge in [0.05, 0.1) is 12.0 Å². The maximum atomic E-state index is 9.29. The summed E-state index contributed by atoms with van der Waals surface area (Å²) in [5.41, 5.74) is 0. The van der Waals surface area contributed by atoms with Gasteiger partial charge in [-0.3, -0.25) is 0 Å². The minimum absolute atomic E-state index is 0.304. The monoisotopic (exact) mass is 212 g/mol. The van der Waals surface area contributed by atoms with Gasteiger partial charge in [-0.1, -0.05) is 11.3 Å².